The summed E-state index contributed by atoms with van der Waals surface area (Å²) in [5.74, 6) is 1.95. The Morgan fingerprint density at radius 2 is 1.85 bits per heavy atom. The van der Waals surface area contributed by atoms with Gasteiger partial charge in [-0.15, -0.1) is 0 Å². The second-order valence-corrected chi connectivity index (χ2v) is 9.26. The van der Waals surface area contributed by atoms with E-state index in [-0.39, 0.29) is 5.95 Å². The molecule has 0 amide bonds. The zero-order valence-electron chi connectivity index (χ0n) is 18.9. The lowest BCUT2D eigenvalue weighted by molar-refractivity contribution is 0.122. The van der Waals surface area contributed by atoms with Crippen LogP contribution in [0, 0.1) is 5.92 Å². The number of nitrogen functional groups attached to an aromatic ring is 1. The summed E-state index contributed by atoms with van der Waals surface area (Å²) in [6.07, 6.45) is 9.09. The monoisotopic (exact) mass is 449 g/mol. The van der Waals surface area contributed by atoms with Crippen LogP contribution in [0.3, 0.4) is 0 Å². The van der Waals surface area contributed by atoms with Gasteiger partial charge < -0.3 is 20.7 Å². The molecule has 0 saturated carbocycles. The smallest absolute Gasteiger partial charge is 0.219 e. The molecule has 3 aliphatic rings. The number of aromatic nitrogens is 5. The zero-order chi connectivity index (χ0) is 22.2. The summed E-state index contributed by atoms with van der Waals surface area (Å²) in [6.45, 7) is 8.45. The van der Waals surface area contributed by atoms with E-state index in [1.54, 1.807) is 12.4 Å². The molecule has 174 valence electrons. The van der Waals surface area contributed by atoms with Gasteiger partial charge in [-0.05, 0) is 31.8 Å². The van der Waals surface area contributed by atoms with Crippen LogP contribution in [0.2, 0.25) is 0 Å². The van der Waals surface area contributed by atoms with Crippen molar-refractivity contribution < 1.29 is 4.74 Å². The predicted octanol–water partition coefficient (Wildman–Crippen LogP) is 0.963. The van der Waals surface area contributed by atoms with Crippen molar-refractivity contribution >= 4 is 17.4 Å². The van der Waals surface area contributed by atoms with Crippen LogP contribution in [0.1, 0.15) is 24.2 Å². The van der Waals surface area contributed by atoms with Crippen molar-refractivity contribution in [2.45, 2.75) is 25.8 Å². The minimum absolute atomic E-state index is 0.266. The van der Waals surface area contributed by atoms with E-state index in [9.17, 15) is 0 Å². The third-order valence-electron chi connectivity index (χ3n) is 7.06. The van der Waals surface area contributed by atoms with E-state index in [1.165, 1.54) is 24.2 Å². The highest BCUT2D eigenvalue weighted by atomic mass is 16.5. The molecule has 0 atom stereocenters. The van der Waals surface area contributed by atoms with E-state index in [4.69, 9.17) is 20.4 Å². The molecule has 3 aromatic rings. The number of rotatable bonds is 4. The maximum Gasteiger partial charge on any atom is 0.219 e. The van der Waals surface area contributed by atoms with Crippen LogP contribution >= 0.6 is 0 Å². The Labute approximate surface area is 193 Å². The van der Waals surface area contributed by atoms with Crippen LogP contribution in [0.4, 0.5) is 11.8 Å². The average Bonchev–Trinajstić information content (AvgIpc) is 3.23. The summed E-state index contributed by atoms with van der Waals surface area (Å²) in [6, 6.07) is 0. The minimum atomic E-state index is 0.266. The molecule has 10 heteroatoms. The van der Waals surface area contributed by atoms with E-state index < -0.39 is 0 Å². The van der Waals surface area contributed by atoms with Crippen LogP contribution in [-0.4, -0.2) is 81.7 Å². The molecule has 0 aromatic carbocycles. The molecule has 6 rings (SSSR count). The standard InChI is InChI=1S/C23H31N9O/c24-23-26-11-17(12-27-23)19-14-32-20-15-30(13-16-1-4-25-5-2-16)6-3-18(20)28-22(32)21(29-19)31-7-9-33-10-8-31/h11-12,14,16,25H,1-10,13,15H2,(H2,24,26,27). The van der Waals surface area contributed by atoms with Crippen molar-refractivity contribution in [1.29, 1.82) is 0 Å². The second-order valence-electron chi connectivity index (χ2n) is 9.26. The van der Waals surface area contributed by atoms with Crippen molar-refractivity contribution in [3.63, 3.8) is 0 Å². The van der Waals surface area contributed by atoms with E-state index in [0.717, 1.165) is 80.9 Å². The molecule has 3 N–H and O–H groups in total. The molecule has 33 heavy (non-hydrogen) atoms. The molecule has 0 aliphatic carbocycles. The Balaban J connectivity index is 1.39. The van der Waals surface area contributed by atoms with E-state index in [0.29, 0.717) is 13.2 Å². The van der Waals surface area contributed by atoms with Crippen molar-refractivity contribution in [2.75, 3.05) is 63.1 Å². The number of fused-ring (bicyclic) bond motifs is 3. The topological polar surface area (TPSA) is 110 Å². The Kier molecular flexibility index (Phi) is 5.57. The maximum atomic E-state index is 5.72. The van der Waals surface area contributed by atoms with Gasteiger partial charge in [-0.25, -0.2) is 19.9 Å². The van der Waals surface area contributed by atoms with E-state index in [2.05, 4.69) is 35.7 Å². The molecular formula is C23H31N9O. The number of morpholine rings is 1. The third-order valence-corrected chi connectivity index (χ3v) is 7.06. The molecule has 10 nitrogen and oxygen atoms in total. The molecule has 6 heterocycles. The molecule has 0 bridgehead atoms. The predicted molar refractivity (Wildman–Crippen MR) is 126 cm³/mol. The van der Waals surface area contributed by atoms with Gasteiger partial charge in [-0.3, -0.25) is 9.30 Å². The molecule has 3 aromatic heterocycles. The fraction of sp³-hybridized carbons (Fsp3) is 0.565. The number of nitrogens with two attached hydrogens (primary N) is 1. The number of imidazole rings is 1. The maximum absolute atomic E-state index is 5.72. The minimum Gasteiger partial charge on any atom is -0.378 e. The molecular weight excluding hydrogens is 418 g/mol. The van der Waals surface area contributed by atoms with Gasteiger partial charge >= 0.3 is 0 Å². The van der Waals surface area contributed by atoms with Crippen molar-refractivity contribution in [3.8, 4) is 11.3 Å². The SMILES string of the molecule is Nc1ncc(-c2cn3c4c(nc3c(N3CCOCC3)n2)CCN(CC2CCNCC2)C4)cn1. The Bertz CT molecular complexity index is 1120. The van der Waals surface area contributed by atoms with E-state index >= 15 is 0 Å². The van der Waals surface area contributed by atoms with Crippen LogP contribution in [0.15, 0.2) is 18.6 Å². The van der Waals surface area contributed by atoms with Gasteiger partial charge in [0.1, 0.15) is 0 Å². The van der Waals surface area contributed by atoms with Gasteiger partial charge in [0.05, 0.1) is 30.3 Å². The zero-order valence-corrected chi connectivity index (χ0v) is 18.9. The van der Waals surface area contributed by atoms with Gasteiger partial charge in [0.2, 0.25) is 5.95 Å². The number of hydrogen-bond acceptors (Lipinski definition) is 9. The second kappa shape index (κ2) is 8.85. The summed E-state index contributed by atoms with van der Waals surface area (Å²) in [4.78, 5) is 23.4. The van der Waals surface area contributed by atoms with Crippen molar-refractivity contribution in [3.05, 3.63) is 30.0 Å². The highest BCUT2D eigenvalue weighted by Gasteiger charge is 2.27. The van der Waals surface area contributed by atoms with Crippen LogP contribution in [0.25, 0.3) is 16.9 Å². The van der Waals surface area contributed by atoms with E-state index in [1.807, 2.05) is 0 Å². The number of ether oxygens (including phenoxy) is 1. The van der Waals surface area contributed by atoms with Crippen LogP contribution in [-0.2, 0) is 17.7 Å². The van der Waals surface area contributed by atoms with Gasteiger partial charge in [0.15, 0.2) is 11.5 Å². The van der Waals surface area contributed by atoms with Crippen LogP contribution < -0.4 is 16.0 Å². The first kappa shape index (κ1) is 20.8. The molecule has 2 saturated heterocycles. The molecule has 2 fully saturated rings. The lowest BCUT2D eigenvalue weighted by Gasteiger charge is -2.32. The van der Waals surface area contributed by atoms with Crippen molar-refractivity contribution in [2.24, 2.45) is 5.92 Å². The van der Waals surface area contributed by atoms with Gasteiger partial charge in [-0.2, -0.15) is 0 Å². The molecule has 0 radical (unpaired) electrons. The summed E-state index contributed by atoms with van der Waals surface area (Å²) < 4.78 is 7.84. The first-order valence-electron chi connectivity index (χ1n) is 12.0. The molecule has 0 spiro atoms. The summed E-state index contributed by atoms with van der Waals surface area (Å²) >= 11 is 0. The molecule has 0 unspecified atom stereocenters. The summed E-state index contributed by atoms with van der Waals surface area (Å²) in [5.41, 5.74) is 10.8. The number of nitrogens with one attached hydrogen (secondary N) is 1. The Morgan fingerprint density at radius 1 is 1.06 bits per heavy atom. The quantitative estimate of drug-likeness (QED) is 0.602. The Hall–Kier alpha value is -2.82. The fourth-order valence-corrected chi connectivity index (χ4v) is 5.23. The van der Waals surface area contributed by atoms with Gasteiger partial charge in [-0.1, -0.05) is 0 Å². The first-order valence-corrected chi connectivity index (χ1v) is 12.0. The van der Waals surface area contributed by atoms with Crippen molar-refractivity contribution in [1.82, 2.24) is 34.6 Å². The first-order chi connectivity index (χ1) is 16.2. The van der Waals surface area contributed by atoms with Gasteiger partial charge in [0, 0.05) is 63.3 Å². The fourth-order valence-electron chi connectivity index (χ4n) is 5.23. The lowest BCUT2D eigenvalue weighted by atomic mass is 9.96. The number of nitrogens with zero attached hydrogens (tertiary/aromatic N) is 7. The van der Waals surface area contributed by atoms with Gasteiger partial charge in [0.25, 0.3) is 0 Å². The highest BCUT2D eigenvalue weighted by molar-refractivity contribution is 5.71. The Morgan fingerprint density at radius 3 is 2.64 bits per heavy atom. The highest BCUT2D eigenvalue weighted by Crippen LogP contribution is 2.30. The summed E-state index contributed by atoms with van der Waals surface area (Å²) in [5, 5.41) is 3.48. The molecule has 3 aliphatic heterocycles. The number of anilines is 2. The number of piperidine rings is 1. The largest absolute Gasteiger partial charge is 0.378 e. The average molecular weight is 450 g/mol. The summed E-state index contributed by atoms with van der Waals surface area (Å²) in [7, 11) is 0. The van der Waals surface area contributed by atoms with Crippen LogP contribution in [0.5, 0.6) is 0 Å². The lowest BCUT2D eigenvalue weighted by Crippen LogP contribution is -2.39. The normalized spacial score (nSPS) is 20.3. The third kappa shape index (κ3) is 4.14. The number of hydrogen-bond donors (Lipinski definition) is 2.